The molecule has 0 aromatic heterocycles. The van der Waals surface area contributed by atoms with E-state index in [1.54, 1.807) is 19.1 Å². The number of hydrogen-bond acceptors (Lipinski definition) is 5. The summed E-state index contributed by atoms with van der Waals surface area (Å²) < 4.78 is 0. The topological polar surface area (TPSA) is 95.4 Å². The number of amides is 1. The lowest BCUT2D eigenvalue weighted by Gasteiger charge is -2.07. The number of nitrogens with two attached hydrogens (primary N) is 1. The number of hydrazone groups is 1. The van der Waals surface area contributed by atoms with E-state index in [0.717, 1.165) is 0 Å². The molecule has 0 saturated heterocycles. The standard InChI is InChI=1S/C6H10N6O/c1-12(2)11-10-6-4(5(7)13)8-3-9-6/h3,11H,1-2H3,(H2,7,13)/b10-6-. The number of hydrazine groups is 1. The molecule has 1 aliphatic heterocycles. The molecule has 0 saturated carbocycles. The lowest BCUT2D eigenvalue weighted by Crippen LogP contribution is -2.32. The van der Waals surface area contributed by atoms with Gasteiger partial charge in [-0.25, -0.2) is 20.5 Å². The van der Waals surface area contributed by atoms with Crippen molar-refractivity contribution in [3.63, 3.8) is 0 Å². The second kappa shape index (κ2) is 3.76. The number of primary amides is 1. The molecule has 0 radical (unpaired) electrons. The lowest BCUT2D eigenvalue weighted by molar-refractivity contribution is -0.111. The van der Waals surface area contributed by atoms with Crippen LogP contribution in [0.15, 0.2) is 15.1 Å². The second-order valence-corrected chi connectivity index (χ2v) is 2.52. The minimum absolute atomic E-state index is 0.0642. The molecular formula is C6H10N6O. The smallest absolute Gasteiger partial charge is 0.271 e. The second-order valence-electron chi connectivity index (χ2n) is 2.52. The quantitative estimate of drug-likeness (QED) is 0.511. The molecular weight excluding hydrogens is 172 g/mol. The summed E-state index contributed by atoms with van der Waals surface area (Å²) in [7, 11) is 3.51. The zero-order valence-corrected chi connectivity index (χ0v) is 7.35. The third kappa shape index (κ3) is 2.34. The zero-order valence-electron chi connectivity index (χ0n) is 7.35. The summed E-state index contributed by atoms with van der Waals surface area (Å²) in [5.74, 6) is -0.446. The Hall–Kier alpha value is -1.76. The van der Waals surface area contributed by atoms with Crippen molar-refractivity contribution in [3.05, 3.63) is 0 Å². The molecule has 0 bridgehead atoms. The summed E-state index contributed by atoms with van der Waals surface area (Å²) in [5, 5.41) is 5.39. The van der Waals surface area contributed by atoms with Crippen LogP contribution in [0.2, 0.25) is 0 Å². The maximum absolute atomic E-state index is 10.7. The van der Waals surface area contributed by atoms with Gasteiger partial charge in [-0.2, -0.15) is 0 Å². The van der Waals surface area contributed by atoms with Gasteiger partial charge in [-0.05, 0) is 0 Å². The van der Waals surface area contributed by atoms with Gasteiger partial charge in [-0.1, -0.05) is 0 Å². The van der Waals surface area contributed by atoms with Crippen LogP contribution in [0.5, 0.6) is 0 Å². The van der Waals surface area contributed by atoms with Crippen LogP contribution in [0.3, 0.4) is 0 Å². The number of nitrogens with one attached hydrogen (secondary N) is 1. The number of aliphatic imine (C=N–C) groups is 2. The molecule has 70 valence electrons. The summed E-state index contributed by atoms with van der Waals surface area (Å²) in [5.41, 5.74) is 7.68. The summed E-state index contributed by atoms with van der Waals surface area (Å²) in [6.07, 6.45) is 1.23. The molecule has 1 aliphatic rings. The van der Waals surface area contributed by atoms with Crippen molar-refractivity contribution in [3.8, 4) is 0 Å². The van der Waals surface area contributed by atoms with Crippen molar-refractivity contribution >= 4 is 23.8 Å². The molecule has 1 heterocycles. The van der Waals surface area contributed by atoms with Crippen molar-refractivity contribution in [1.82, 2.24) is 10.5 Å². The molecule has 0 aromatic carbocycles. The van der Waals surface area contributed by atoms with Crippen molar-refractivity contribution < 1.29 is 4.79 Å². The molecule has 0 aliphatic carbocycles. The predicted octanol–water partition coefficient (Wildman–Crippen LogP) is -1.67. The van der Waals surface area contributed by atoms with E-state index in [0.29, 0.717) is 0 Å². The average Bonchev–Trinajstić information content (AvgIpc) is 2.47. The number of carbonyl (C=O) groups is 1. The van der Waals surface area contributed by atoms with Gasteiger partial charge in [-0.3, -0.25) is 4.79 Å². The van der Waals surface area contributed by atoms with Crippen LogP contribution in [0.4, 0.5) is 0 Å². The molecule has 0 unspecified atom stereocenters. The van der Waals surface area contributed by atoms with Gasteiger partial charge < -0.3 is 5.73 Å². The Morgan fingerprint density at radius 2 is 2.38 bits per heavy atom. The molecule has 1 rings (SSSR count). The summed E-state index contributed by atoms with van der Waals surface area (Å²) in [6, 6.07) is 0. The highest BCUT2D eigenvalue weighted by Crippen LogP contribution is 1.93. The van der Waals surface area contributed by atoms with Gasteiger partial charge in [0.05, 0.1) is 0 Å². The molecule has 7 heteroatoms. The molecule has 1 amide bonds. The Morgan fingerprint density at radius 1 is 1.69 bits per heavy atom. The normalized spacial score (nSPS) is 18.1. The van der Waals surface area contributed by atoms with E-state index < -0.39 is 5.91 Å². The van der Waals surface area contributed by atoms with E-state index in [4.69, 9.17) is 5.73 Å². The van der Waals surface area contributed by atoms with Gasteiger partial charge in [0.25, 0.3) is 5.91 Å². The summed E-state index contributed by atoms with van der Waals surface area (Å²) >= 11 is 0. The first-order valence-corrected chi connectivity index (χ1v) is 3.52. The average molecular weight is 182 g/mol. The maximum Gasteiger partial charge on any atom is 0.271 e. The van der Waals surface area contributed by atoms with E-state index in [2.05, 4.69) is 20.6 Å². The fourth-order valence-corrected chi connectivity index (χ4v) is 0.663. The minimum atomic E-state index is -0.642. The van der Waals surface area contributed by atoms with E-state index in [-0.39, 0.29) is 11.5 Å². The first-order valence-electron chi connectivity index (χ1n) is 3.52. The molecule has 3 N–H and O–H groups in total. The van der Waals surface area contributed by atoms with Crippen LogP contribution in [-0.2, 0) is 4.79 Å². The monoisotopic (exact) mass is 182 g/mol. The number of carbonyl (C=O) groups excluding carboxylic acids is 1. The van der Waals surface area contributed by atoms with E-state index in [1.165, 1.54) is 6.34 Å². The van der Waals surface area contributed by atoms with Crippen LogP contribution >= 0.6 is 0 Å². The van der Waals surface area contributed by atoms with Gasteiger partial charge in [0.2, 0.25) is 5.84 Å². The molecule has 0 atom stereocenters. The van der Waals surface area contributed by atoms with E-state index in [1.807, 2.05) is 0 Å². The highest BCUT2D eigenvalue weighted by Gasteiger charge is 2.17. The Kier molecular flexibility index (Phi) is 2.70. The van der Waals surface area contributed by atoms with Crippen LogP contribution < -0.4 is 11.3 Å². The van der Waals surface area contributed by atoms with Crippen LogP contribution in [-0.4, -0.2) is 42.9 Å². The van der Waals surface area contributed by atoms with Crippen molar-refractivity contribution in [2.45, 2.75) is 0 Å². The summed E-state index contributed by atoms with van der Waals surface area (Å²) in [4.78, 5) is 18.1. The number of rotatable bonds is 3. The predicted molar refractivity (Wildman–Crippen MR) is 49.4 cm³/mol. The Morgan fingerprint density at radius 3 is 2.92 bits per heavy atom. The lowest BCUT2D eigenvalue weighted by atomic mass is 10.3. The van der Waals surface area contributed by atoms with Gasteiger partial charge in [0, 0.05) is 14.1 Å². The third-order valence-electron chi connectivity index (χ3n) is 1.17. The summed E-state index contributed by atoms with van der Waals surface area (Å²) in [6.45, 7) is 0. The van der Waals surface area contributed by atoms with Crippen LogP contribution in [0, 0.1) is 0 Å². The fourth-order valence-electron chi connectivity index (χ4n) is 0.663. The number of amidine groups is 1. The van der Waals surface area contributed by atoms with E-state index in [9.17, 15) is 4.79 Å². The zero-order chi connectivity index (χ0) is 9.84. The van der Waals surface area contributed by atoms with Gasteiger partial charge in [0.15, 0.2) is 5.71 Å². The first kappa shape index (κ1) is 9.33. The van der Waals surface area contributed by atoms with Crippen LogP contribution in [0.25, 0.3) is 0 Å². The molecule has 0 spiro atoms. The minimum Gasteiger partial charge on any atom is -0.364 e. The van der Waals surface area contributed by atoms with E-state index >= 15 is 0 Å². The van der Waals surface area contributed by atoms with Gasteiger partial charge in [0.1, 0.15) is 6.34 Å². The van der Waals surface area contributed by atoms with Gasteiger partial charge >= 0.3 is 0 Å². The fraction of sp³-hybridized carbons (Fsp3) is 0.333. The molecule has 13 heavy (non-hydrogen) atoms. The highest BCUT2D eigenvalue weighted by molar-refractivity contribution is 6.68. The van der Waals surface area contributed by atoms with Crippen molar-refractivity contribution in [2.24, 2.45) is 20.8 Å². The largest absolute Gasteiger partial charge is 0.364 e. The SMILES string of the molecule is CN(C)N/N=C1\N=CN=C1C(N)=O. The van der Waals surface area contributed by atoms with Crippen LogP contribution in [0.1, 0.15) is 0 Å². The first-order chi connectivity index (χ1) is 6.11. The Bertz CT molecular complexity index is 302. The molecule has 0 fully saturated rings. The number of hydrogen-bond donors (Lipinski definition) is 2. The van der Waals surface area contributed by atoms with Crippen molar-refractivity contribution in [1.29, 1.82) is 0 Å². The highest BCUT2D eigenvalue weighted by atomic mass is 16.1. The Balaban J connectivity index is 2.71. The Labute approximate surface area is 75.0 Å². The third-order valence-corrected chi connectivity index (χ3v) is 1.17. The maximum atomic E-state index is 10.7. The van der Waals surface area contributed by atoms with Gasteiger partial charge in [-0.15, -0.1) is 5.10 Å². The number of nitrogens with zero attached hydrogens (tertiary/aromatic N) is 4. The molecule has 7 nitrogen and oxygen atoms in total. The molecule has 0 aromatic rings. The van der Waals surface area contributed by atoms with Crippen molar-refractivity contribution in [2.75, 3.05) is 14.1 Å².